The Bertz CT molecular complexity index is 954. The molecule has 0 radical (unpaired) electrons. The molecule has 0 aromatic heterocycles. The zero-order chi connectivity index (χ0) is 20.5. The van der Waals surface area contributed by atoms with Crippen LogP contribution in [0.15, 0.2) is 47.6 Å². The number of carbonyl (C=O) groups is 2. The van der Waals surface area contributed by atoms with E-state index in [1.807, 2.05) is 0 Å². The molecule has 0 amide bonds. The maximum Gasteiger partial charge on any atom is 0.347 e. The smallest absolute Gasteiger partial charge is 0.347 e. The summed E-state index contributed by atoms with van der Waals surface area (Å²) in [5.41, 5.74) is 9.31. The molecule has 0 aliphatic carbocycles. The summed E-state index contributed by atoms with van der Waals surface area (Å²) in [7, 11) is 0. The summed E-state index contributed by atoms with van der Waals surface area (Å²) >= 11 is 0. The van der Waals surface area contributed by atoms with Crippen LogP contribution in [0.3, 0.4) is 0 Å². The second kappa shape index (κ2) is 9.55. The van der Waals surface area contributed by atoms with Crippen molar-refractivity contribution < 1.29 is 29.0 Å². The lowest BCUT2D eigenvalue weighted by molar-refractivity contribution is -0.763. The number of para-hydroxylation sites is 1. The van der Waals surface area contributed by atoms with Gasteiger partial charge in [0.15, 0.2) is 0 Å². The van der Waals surface area contributed by atoms with E-state index in [4.69, 9.17) is 15.0 Å². The van der Waals surface area contributed by atoms with Gasteiger partial charge in [-0.2, -0.15) is 0 Å². The first-order chi connectivity index (χ1) is 13.4. The van der Waals surface area contributed by atoms with E-state index >= 15 is 0 Å². The second-order valence-corrected chi connectivity index (χ2v) is 5.30. The summed E-state index contributed by atoms with van der Waals surface area (Å²) < 4.78 is 10.3. The van der Waals surface area contributed by atoms with Crippen LogP contribution in [0, 0.1) is 10.1 Å². The van der Waals surface area contributed by atoms with Crippen molar-refractivity contribution in [2.75, 3.05) is 0 Å². The molecule has 0 heterocycles. The van der Waals surface area contributed by atoms with Gasteiger partial charge in [-0.1, -0.05) is 23.3 Å². The first-order valence-electron chi connectivity index (χ1n) is 7.80. The molecular weight excluding hydrogens is 372 g/mol. The molecule has 2 aromatic rings. The van der Waals surface area contributed by atoms with E-state index in [-0.39, 0.29) is 30.2 Å². The first kappa shape index (κ1) is 20.2. The fourth-order valence-electron chi connectivity index (χ4n) is 2.22. The van der Waals surface area contributed by atoms with Crippen molar-refractivity contribution in [3.8, 4) is 11.5 Å². The molecule has 0 aliphatic rings. The highest BCUT2D eigenvalue weighted by molar-refractivity contribution is 5.94. The van der Waals surface area contributed by atoms with Gasteiger partial charge >= 0.3 is 11.9 Å². The normalized spacial score (nSPS) is 9.75. The highest BCUT2D eigenvalue weighted by atomic mass is 16.9. The SMILES string of the molecule is CC(=O)Oc1ccccc1C(=O)Oc1ccc(CO[N+](=O)[O-])c(CN=[N+]=[N-])c1. The van der Waals surface area contributed by atoms with E-state index in [2.05, 4.69) is 14.9 Å². The Hall–Kier alpha value is -4.11. The third-order valence-electron chi connectivity index (χ3n) is 3.38. The number of hydrogen-bond acceptors (Lipinski definition) is 8. The maximum absolute atomic E-state index is 12.4. The number of azide groups is 1. The van der Waals surface area contributed by atoms with Crippen molar-refractivity contribution in [2.24, 2.45) is 5.11 Å². The van der Waals surface area contributed by atoms with Crippen LogP contribution in [0.4, 0.5) is 0 Å². The summed E-state index contributed by atoms with van der Waals surface area (Å²) in [4.78, 5) is 40.9. The number of benzene rings is 2. The number of carbonyl (C=O) groups excluding carboxylic acids is 2. The molecule has 144 valence electrons. The average Bonchev–Trinajstić information content (AvgIpc) is 2.65. The van der Waals surface area contributed by atoms with Crippen LogP contribution < -0.4 is 9.47 Å². The van der Waals surface area contributed by atoms with Gasteiger partial charge in [0.05, 0.1) is 6.54 Å². The molecular formula is C17H14N4O7. The van der Waals surface area contributed by atoms with E-state index in [9.17, 15) is 19.7 Å². The molecule has 0 bridgehead atoms. The fourth-order valence-corrected chi connectivity index (χ4v) is 2.22. The lowest BCUT2D eigenvalue weighted by atomic mass is 10.1. The van der Waals surface area contributed by atoms with Crippen molar-refractivity contribution in [1.82, 2.24) is 0 Å². The van der Waals surface area contributed by atoms with Gasteiger partial charge in [-0.3, -0.25) is 4.79 Å². The minimum Gasteiger partial charge on any atom is -0.426 e. The molecule has 11 nitrogen and oxygen atoms in total. The van der Waals surface area contributed by atoms with Crippen LogP contribution in [-0.2, 0) is 22.8 Å². The van der Waals surface area contributed by atoms with E-state index in [0.717, 1.165) is 0 Å². The highest BCUT2D eigenvalue weighted by Gasteiger charge is 2.16. The third kappa shape index (κ3) is 5.71. The van der Waals surface area contributed by atoms with Crippen molar-refractivity contribution in [1.29, 1.82) is 0 Å². The third-order valence-corrected chi connectivity index (χ3v) is 3.38. The zero-order valence-corrected chi connectivity index (χ0v) is 14.6. The molecule has 0 spiro atoms. The summed E-state index contributed by atoms with van der Waals surface area (Å²) in [6, 6.07) is 10.3. The molecule has 11 heteroatoms. The van der Waals surface area contributed by atoms with Crippen LogP contribution in [0.5, 0.6) is 11.5 Å². The van der Waals surface area contributed by atoms with Crippen molar-refractivity contribution in [3.63, 3.8) is 0 Å². The van der Waals surface area contributed by atoms with Crippen LogP contribution in [0.2, 0.25) is 0 Å². The van der Waals surface area contributed by atoms with Gasteiger partial charge in [-0.15, -0.1) is 10.1 Å². The van der Waals surface area contributed by atoms with E-state index in [1.165, 1.54) is 37.3 Å². The van der Waals surface area contributed by atoms with Crippen LogP contribution in [0.25, 0.3) is 10.4 Å². The Balaban J connectivity index is 2.25. The quantitative estimate of drug-likeness (QED) is 0.128. The highest BCUT2D eigenvalue weighted by Crippen LogP contribution is 2.24. The average molecular weight is 386 g/mol. The van der Waals surface area contributed by atoms with E-state index in [0.29, 0.717) is 11.1 Å². The molecule has 2 rings (SSSR count). The maximum atomic E-state index is 12.4. The predicted octanol–water partition coefficient (Wildman–Crippen LogP) is 3.35. The van der Waals surface area contributed by atoms with Crippen molar-refractivity contribution in [2.45, 2.75) is 20.1 Å². The molecule has 2 aromatic carbocycles. The Labute approximate surface area is 158 Å². The van der Waals surface area contributed by atoms with Gasteiger partial charge < -0.3 is 14.3 Å². The van der Waals surface area contributed by atoms with Crippen LogP contribution >= 0.6 is 0 Å². The van der Waals surface area contributed by atoms with Gasteiger partial charge in [-0.25, -0.2) is 4.79 Å². The Morgan fingerprint density at radius 2 is 1.93 bits per heavy atom. The minimum atomic E-state index is -0.947. The molecule has 0 aliphatic heterocycles. The molecule has 0 unspecified atom stereocenters. The molecule has 0 saturated heterocycles. The zero-order valence-electron chi connectivity index (χ0n) is 14.6. The van der Waals surface area contributed by atoms with Crippen LogP contribution in [-0.4, -0.2) is 17.0 Å². The molecule has 0 saturated carbocycles. The first-order valence-corrected chi connectivity index (χ1v) is 7.80. The largest absolute Gasteiger partial charge is 0.426 e. The summed E-state index contributed by atoms with van der Waals surface area (Å²) in [5, 5.41) is 12.8. The summed E-state index contributed by atoms with van der Waals surface area (Å²) in [6.45, 7) is 0.727. The fraction of sp³-hybridized carbons (Fsp3) is 0.176. The Kier molecular flexibility index (Phi) is 6.89. The summed E-state index contributed by atoms with van der Waals surface area (Å²) in [6.07, 6.45) is 0. The Morgan fingerprint density at radius 1 is 1.18 bits per heavy atom. The van der Waals surface area contributed by atoms with Crippen molar-refractivity contribution >= 4 is 11.9 Å². The van der Waals surface area contributed by atoms with E-state index < -0.39 is 17.0 Å². The molecule has 0 atom stereocenters. The van der Waals surface area contributed by atoms with Gasteiger partial charge in [0.25, 0.3) is 5.09 Å². The molecule has 28 heavy (non-hydrogen) atoms. The number of hydrogen-bond donors (Lipinski definition) is 0. The minimum absolute atomic E-state index is 0.0371. The lowest BCUT2D eigenvalue weighted by Crippen LogP contribution is -2.13. The van der Waals surface area contributed by atoms with Crippen molar-refractivity contribution in [3.05, 3.63) is 79.7 Å². The standard InChI is InChI=1S/C17H14N4O7/c1-11(22)27-16-5-3-2-4-15(16)17(23)28-14-7-6-12(10-26-21(24)25)13(8-14)9-19-20-18/h2-8H,9-10H2,1H3. The van der Waals surface area contributed by atoms with Gasteiger partial charge in [-0.05, 0) is 40.9 Å². The summed E-state index contributed by atoms with van der Waals surface area (Å²) in [5.74, 6) is -1.21. The number of nitrogens with zero attached hydrogens (tertiary/aromatic N) is 4. The molecule has 0 N–H and O–H groups in total. The Morgan fingerprint density at radius 3 is 2.61 bits per heavy atom. The number of esters is 2. The predicted molar refractivity (Wildman–Crippen MR) is 93.8 cm³/mol. The van der Waals surface area contributed by atoms with Gasteiger partial charge in [0.2, 0.25) is 0 Å². The lowest BCUT2D eigenvalue weighted by Gasteiger charge is -2.11. The topological polar surface area (TPSA) is 154 Å². The number of rotatable bonds is 8. The molecule has 0 fully saturated rings. The van der Waals surface area contributed by atoms with Gasteiger partial charge in [0.1, 0.15) is 23.7 Å². The number of ether oxygens (including phenoxy) is 2. The van der Waals surface area contributed by atoms with Crippen LogP contribution in [0.1, 0.15) is 28.4 Å². The van der Waals surface area contributed by atoms with Gasteiger partial charge in [0, 0.05) is 11.8 Å². The van der Waals surface area contributed by atoms with E-state index in [1.54, 1.807) is 12.1 Å². The second-order valence-electron chi connectivity index (χ2n) is 5.30. The monoisotopic (exact) mass is 386 g/mol.